The molecule has 0 aliphatic carbocycles. The Kier molecular flexibility index (Phi) is 8.32. The topological polar surface area (TPSA) is 17.1 Å². The molecule has 4 heteroatoms. The van der Waals surface area contributed by atoms with Crippen molar-refractivity contribution in [3.8, 4) is 0 Å². The normalized spacial score (nSPS) is 5.20. The third-order valence-electron chi connectivity index (χ3n) is 0. The highest BCUT2D eigenvalue weighted by Crippen LogP contribution is 1.92. The van der Waals surface area contributed by atoms with Gasteiger partial charge < -0.3 is 0 Å². The van der Waals surface area contributed by atoms with Crippen LogP contribution in [0.2, 0.25) is 0 Å². The van der Waals surface area contributed by atoms with Gasteiger partial charge in [0.1, 0.15) is 0 Å². The Morgan fingerprint density at radius 2 is 1.40 bits per heavy atom. The van der Waals surface area contributed by atoms with E-state index in [2.05, 4.69) is 31.9 Å². The SMILES string of the molecule is F.O=C(Br)Br. The van der Waals surface area contributed by atoms with E-state index >= 15 is 0 Å². The highest BCUT2D eigenvalue weighted by Gasteiger charge is 1.70. The first-order chi connectivity index (χ1) is 1.73. The zero-order valence-corrected chi connectivity index (χ0v) is 5.24. The predicted octanol–water partition coefficient (Wildman–Crippen LogP) is 2.05. The van der Waals surface area contributed by atoms with Gasteiger partial charge >= 0.3 is 0 Å². The van der Waals surface area contributed by atoms with E-state index in [0.717, 1.165) is 0 Å². The lowest BCUT2D eigenvalue weighted by molar-refractivity contribution is 0.278. The zero-order chi connectivity index (χ0) is 3.58. The van der Waals surface area contributed by atoms with Crippen molar-refractivity contribution in [2.75, 3.05) is 0 Å². The largest absolute Gasteiger partial charge is 0.273 e. The molecule has 0 atom stereocenters. The van der Waals surface area contributed by atoms with E-state index in [1.165, 1.54) is 0 Å². The summed E-state index contributed by atoms with van der Waals surface area (Å²) in [6.45, 7) is 0. The molecule has 0 bridgehead atoms. The van der Waals surface area contributed by atoms with E-state index in [1.54, 1.807) is 0 Å². The maximum absolute atomic E-state index is 9.28. The second-order valence-corrected chi connectivity index (χ2v) is 2.73. The van der Waals surface area contributed by atoms with Crippen molar-refractivity contribution in [3.05, 3.63) is 0 Å². The summed E-state index contributed by atoms with van der Waals surface area (Å²) >= 11 is 5.10. The first-order valence-electron chi connectivity index (χ1n) is 0.582. The number of rotatable bonds is 0. The standard InChI is InChI=1S/CBr2O.FH/c2-1(3)4;/h;1H. The Bertz CT molecular complexity index is 32.6. The first kappa shape index (κ1) is 9.12. The Labute approximate surface area is 45.4 Å². The molecule has 0 aromatic heterocycles. The maximum atomic E-state index is 9.28. The monoisotopic (exact) mass is 206 g/mol. The van der Waals surface area contributed by atoms with E-state index in [1.807, 2.05) is 0 Å². The van der Waals surface area contributed by atoms with Gasteiger partial charge in [-0.25, -0.2) is 0 Å². The van der Waals surface area contributed by atoms with Crippen molar-refractivity contribution in [1.29, 1.82) is 0 Å². The van der Waals surface area contributed by atoms with Crippen molar-refractivity contribution in [2.24, 2.45) is 0 Å². The number of carbonyl (C=O) groups excluding carboxylic acids is 1. The van der Waals surface area contributed by atoms with Crippen molar-refractivity contribution in [1.82, 2.24) is 0 Å². The van der Waals surface area contributed by atoms with Crippen molar-refractivity contribution < 1.29 is 9.50 Å². The third kappa shape index (κ3) is 95.3. The Morgan fingerprint density at radius 3 is 1.40 bits per heavy atom. The number of halogens is 3. The molecule has 0 saturated carbocycles. The minimum atomic E-state index is -0.208. The average Bonchev–Trinajstić information content (AvgIpc) is 0.811. The van der Waals surface area contributed by atoms with E-state index in [9.17, 15) is 4.79 Å². The van der Waals surface area contributed by atoms with Gasteiger partial charge in [0.25, 0.3) is 3.60 Å². The molecule has 32 valence electrons. The molecular weight excluding hydrogens is 207 g/mol. The minimum absolute atomic E-state index is 0. The molecule has 0 amide bonds. The van der Waals surface area contributed by atoms with Crippen LogP contribution in [0.4, 0.5) is 9.50 Å². The molecule has 0 fully saturated rings. The Morgan fingerprint density at radius 1 is 1.40 bits per heavy atom. The van der Waals surface area contributed by atoms with Crippen molar-refractivity contribution >= 4 is 35.5 Å². The van der Waals surface area contributed by atoms with Gasteiger partial charge in [-0.15, -0.1) is 0 Å². The molecule has 0 saturated heterocycles. The molecule has 0 radical (unpaired) electrons. The van der Waals surface area contributed by atoms with Gasteiger partial charge in [0.2, 0.25) is 0 Å². The Hall–Kier alpha value is 0.560. The molecule has 0 aromatic carbocycles. The summed E-state index contributed by atoms with van der Waals surface area (Å²) < 4.78 is -0.208. The van der Waals surface area contributed by atoms with Gasteiger partial charge in [0.05, 0.1) is 0 Å². The van der Waals surface area contributed by atoms with Crippen LogP contribution in [0.1, 0.15) is 0 Å². The lowest BCUT2D eigenvalue weighted by atomic mass is 11.9. The summed E-state index contributed by atoms with van der Waals surface area (Å²) in [5, 5.41) is 0. The molecule has 0 N–H and O–H groups in total. The number of hydrogen-bond acceptors (Lipinski definition) is 1. The van der Waals surface area contributed by atoms with Crippen LogP contribution in [-0.4, -0.2) is 3.60 Å². The highest BCUT2D eigenvalue weighted by atomic mass is 79.9. The molecule has 5 heavy (non-hydrogen) atoms. The summed E-state index contributed by atoms with van der Waals surface area (Å²) in [7, 11) is 0. The molecule has 0 spiro atoms. The minimum Gasteiger partial charge on any atom is -0.273 e. The van der Waals surface area contributed by atoms with Crippen LogP contribution in [0.25, 0.3) is 0 Å². The number of carbonyl (C=O) groups is 1. The summed E-state index contributed by atoms with van der Waals surface area (Å²) in [6, 6.07) is 0. The second kappa shape index (κ2) is 4.56. The fourth-order valence-electron chi connectivity index (χ4n) is 0. The molecule has 0 rings (SSSR count). The van der Waals surface area contributed by atoms with E-state index < -0.39 is 0 Å². The van der Waals surface area contributed by atoms with Crippen LogP contribution in [0.5, 0.6) is 0 Å². The van der Waals surface area contributed by atoms with Gasteiger partial charge in [-0.1, -0.05) is 0 Å². The van der Waals surface area contributed by atoms with Gasteiger partial charge in [-0.2, -0.15) is 0 Å². The van der Waals surface area contributed by atoms with Gasteiger partial charge in [-0.05, 0) is 0 Å². The van der Waals surface area contributed by atoms with Crippen LogP contribution < -0.4 is 0 Å². The molecule has 0 unspecified atom stereocenters. The fraction of sp³-hybridized carbons (Fsp3) is 0. The lowest BCUT2D eigenvalue weighted by Crippen LogP contribution is -1.42. The van der Waals surface area contributed by atoms with Crippen LogP contribution >= 0.6 is 31.9 Å². The summed E-state index contributed by atoms with van der Waals surface area (Å²) in [5.41, 5.74) is 0. The smallest absolute Gasteiger partial charge is 0.262 e. The molecule has 0 aliphatic rings. The average molecular weight is 208 g/mol. The van der Waals surface area contributed by atoms with Gasteiger partial charge in [-0.3, -0.25) is 9.50 Å². The molecular formula is CHBr2FO. The van der Waals surface area contributed by atoms with Crippen molar-refractivity contribution in [2.45, 2.75) is 0 Å². The van der Waals surface area contributed by atoms with Gasteiger partial charge in [0.15, 0.2) is 0 Å². The molecule has 0 heterocycles. The summed E-state index contributed by atoms with van der Waals surface area (Å²) in [6.07, 6.45) is 0. The van der Waals surface area contributed by atoms with E-state index in [4.69, 9.17) is 0 Å². The zero-order valence-electron chi connectivity index (χ0n) is 2.07. The van der Waals surface area contributed by atoms with Crippen LogP contribution in [-0.2, 0) is 0 Å². The second-order valence-electron chi connectivity index (χ2n) is 0.226. The van der Waals surface area contributed by atoms with E-state index in [-0.39, 0.29) is 8.31 Å². The van der Waals surface area contributed by atoms with Crippen LogP contribution in [0, 0.1) is 0 Å². The quantitative estimate of drug-likeness (QED) is 0.556. The maximum Gasteiger partial charge on any atom is 0.262 e. The predicted molar refractivity (Wildman–Crippen MR) is 25.8 cm³/mol. The van der Waals surface area contributed by atoms with Crippen LogP contribution in [0.3, 0.4) is 0 Å². The van der Waals surface area contributed by atoms with Gasteiger partial charge in [0, 0.05) is 31.9 Å². The molecule has 1 nitrogen and oxygen atoms in total. The number of hydrogen-bond donors (Lipinski definition) is 0. The Balaban J connectivity index is 0. The third-order valence-corrected chi connectivity index (χ3v) is 0. The lowest BCUT2D eigenvalue weighted by Gasteiger charge is -1.49. The highest BCUT2D eigenvalue weighted by molar-refractivity contribution is 9.39. The molecule has 0 aromatic rings. The first-order valence-corrected chi connectivity index (χ1v) is 2.17. The summed E-state index contributed by atoms with van der Waals surface area (Å²) in [4.78, 5) is 9.28. The fourth-order valence-corrected chi connectivity index (χ4v) is 0. The van der Waals surface area contributed by atoms with Crippen LogP contribution in [0.15, 0.2) is 0 Å². The molecule has 0 aliphatic heterocycles. The van der Waals surface area contributed by atoms with E-state index in [0.29, 0.717) is 0 Å². The summed E-state index contributed by atoms with van der Waals surface area (Å²) in [5.74, 6) is 0. The van der Waals surface area contributed by atoms with Crippen molar-refractivity contribution in [3.63, 3.8) is 0 Å².